The van der Waals surface area contributed by atoms with E-state index in [0.717, 1.165) is 18.5 Å². The molecule has 5 heteroatoms. The minimum absolute atomic E-state index is 0.0191. The van der Waals surface area contributed by atoms with Crippen LogP contribution in [0.1, 0.15) is 18.9 Å². The lowest BCUT2D eigenvalue weighted by Crippen LogP contribution is -2.35. The zero-order chi connectivity index (χ0) is 13.3. The first kappa shape index (κ1) is 13.7. The smallest absolute Gasteiger partial charge is 0.231 e. The van der Waals surface area contributed by atoms with Gasteiger partial charge in [0.1, 0.15) is 0 Å². The summed E-state index contributed by atoms with van der Waals surface area (Å²) in [5.41, 5.74) is 1.10. The topological polar surface area (TPSA) is 41.1 Å². The number of nitrogens with one attached hydrogen (secondary N) is 2. The Balaban J connectivity index is 2.19. The molecule has 0 aliphatic carbocycles. The Bertz CT molecular complexity index is 482. The summed E-state index contributed by atoms with van der Waals surface area (Å²) in [5, 5.41) is 7.18. The van der Waals surface area contributed by atoms with Crippen LogP contribution in [0.25, 0.3) is 0 Å². The third-order valence-electron chi connectivity index (χ3n) is 3.41. The Morgan fingerprint density at radius 2 is 2.11 bits per heavy atom. The summed E-state index contributed by atoms with van der Waals surface area (Å²) in [6.07, 6.45) is 0.829. The van der Waals surface area contributed by atoms with E-state index < -0.39 is 0 Å². The van der Waals surface area contributed by atoms with Gasteiger partial charge >= 0.3 is 0 Å². The van der Waals surface area contributed by atoms with E-state index in [9.17, 15) is 4.79 Å². The molecule has 1 saturated heterocycles. The van der Waals surface area contributed by atoms with Crippen LogP contribution in [-0.2, 0) is 4.79 Å². The zero-order valence-corrected chi connectivity index (χ0v) is 12.0. The van der Waals surface area contributed by atoms with E-state index in [1.807, 2.05) is 13.8 Å². The molecule has 1 aromatic carbocycles. The van der Waals surface area contributed by atoms with E-state index in [-0.39, 0.29) is 11.3 Å². The summed E-state index contributed by atoms with van der Waals surface area (Å²) in [4.78, 5) is 12.2. The van der Waals surface area contributed by atoms with Crippen molar-refractivity contribution in [1.29, 1.82) is 0 Å². The summed E-state index contributed by atoms with van der Waals surface area (Å²) < 4.78 is 0. The zero-order valence-electron chi connectivity index (χ0n) is 10.4. The van der Waals surface area contributed by atoms with Crippen LogP contribution in [0.5, 0.6) is 0 Å². The standard InChI is InChI=1S/C13H16Cl2N2O/c1-8-5-10(15)11(6-9(8)14)17-12(18)13(2)3-4-16-7-13/h5-6,16H,3-4,7H2,1-2H3,(H,17,18). The number of aryl methyl sites for hydroxylation is 1. The molecule has 18 heavy (non-hydrogen) atoms. The van der Waals surface area contributed by atoms with Crippen molar-refractivity contribution in [1.82, 2.24) is 5.32 Å². The summed E-state index contributed by atoms with van der Waals surface area (Å²) in [6, 6.07) is 3.46. The molecule has 0 aromatic heterocycles. The third kappa shape index (κ3) is 2.63. The molecule has 0 radical (unpaired) electrons. The second-order valence-corrected chi connectivity index (χ2v) is 5.84. The summed E-state index contributed by atoms with van der Waals surface area (Å²) in [7, 11) is 0. The molecule has 1 amide bonds. The van der Waals surface area contributed by atoms with E-state index in [0.29, 0.717) is 22.3 Å². The van der Waals surface area contributed by atoms with Crippen molar-refractivity contribution in [2.75, 3.05) is 18.4 Å². The number of benzene rings is 1. The molecule has 1 fully saturated rings. The fourth-order valence-electron chi connectivity index (χ4n) is 2.03. The van der Waals surface area contributed by atoms with Gasteiger partial charge in [-0.1, -0.05) is 23.2 Å². The molecule has 0 spiro atoms. The van der Waals surface area contributed by atoms with Crippen LogP contribution in [0, 0.1) is 12.3 Å². The second kappa shape index (κ2) is 5.08. The number of carbonyl (C=O) groups excluding carboxylic acids is 1. The van der Waals surface area contributed by atoms with Gasteiger partial charge in [0.2, 0.25) is 5.91 Å². The minimum atomic E-state index is -0.374. The highest BCUT2D eigenvalue weighted by atomic mass is 35.5. The largest absolute Gasteiger partial charge is 0.324 e. The number of hydrogen-bond acceptors (Lipinski definition) is 2. The Labute approximate surface area is 117 Å². The number of anilines is 1. The molecule has 0 saturated carbocycles. The predicted octanol–water partition coefficient (Wildman–Crippen LogP) is 3.24. The van der Waals surface area contributed by atoms with Crippen molar-refractivity contribution < 1.29 is 4.79 Å². The molecule has 1 atom stereocenters. The number of hydrogen-bond donors (Lipinski definition) is 2. The molecular formula is C13H16Cl2N2O. The number of carbonyl (C=O) groups is 1. The van der Waals surface area contributed by atoms with E-state index >= 15 is 0 Å². The molecule has 3 nitrogen and oxygen atoms in total. The van der Waals surface area contributed by atoms with Crippen LogP contribution in [-0.4, -0.2) is 19.0 Å². The first-order valence-corrected chi connectivity index (χ1v) is 6.66. The van der Waals surface area contributed by atoms with E-state index in [4.69, 9.17) is 23.2 Å². The van der Waals surface area contributed by atoms with E-state index in [1.165, 1.54) is 0 Å². The number of halogens is 2. The summed E-state index contributed by atoms with van der Waals surface area (Å²) in [5.74, 6) is -0.0191. The highest BCUT2D eigenvalue weighted by Crippen LogP contribution is 2.32. The molecule has 1 aromatic rings. The second-order valence-electron chi connectivity index (χ2n) is 5.02. The molecular weight excluding hydrogens is 271 g/mol. The maximum Gasteiger partial charge on any atom is 0.231 e. The van der Waals surface area contributed by atoms with Gasteiger partial charge in [-0.15, -0.1) is 0 Å². The predicted molar refractivity (Wildman–Crippen MR) is 75.4 cm³/mol. The third-order valence-corrected chi connectivity index (χ3v) is 4.13. The highest BCUT2D eigenvalue weighted by molar-refractivity contribution is 6.36. The van der Waals surface area contributed by atoms with Crippen LogP contribution in [0.3, 0.4) is 0 Å². The van der Waals surface area contributed by atoms with Gasteiger partial charge < -0.3 is 10.6 Å². The van der Waals surface area contributed by atoms with Crippen LogP contribution in [0.2, 0.25) is 10.0 Å². The quantitative estimate of drug-likeness (QED) is 0.876. The Morgan fingerprint density at radius 1 is 1.39 bits per heavy atom. The van der Waals surface area contributed by atoms with Gasteiger partial charge in [0.25, 0.3) is 0 Å². The normalized spacial score (nSPS) is 23.1. The van der Waals surface area contributed by atoms with Crippen molar-refractivity contribution in [3.05, 3.63) is 27.7 Å². The van der Waals surface area contributed by atoms with Gasteiger partial charge in [-0.3, -0.25) is 4.79 Å². The fourth-order valence-corrected chi connectivity index (χ4v) is 2.46. The van der Waals surface area contributed by atoms with Crippen LogP contribution in [0.15, 0.2) is 12.1 Å². The minimum Gasteiger partial charge on any atom is -0.324 e. The van der Waals surface area contributed by atoms with Gasteiger partial charge in [0.15, 0.2) is 0 Å². The maximum absolute atomic E-state index is 12.2. The van der Waals surface area contributed by atoms with Gasteiger partial charge in [0.05, 0.1) is 16.1 Å². The maximum atomic E-state index is 12.2. The van der Waals surface area contributed by atoms with Crippen LogP contribution in [0.4, 0.5) is 5.69 Å². The van der Waals surface area contributed by atoms with Gasteiger partial charge in [0, 0.05) is 11.6 Å². The van der Waals surface area contributed by atoms with Crippen molar-refractivity contribution in [2.24, 2.45) is 5.41 Å². The fraction of sp³-hybridized carbons (Fsp3) is 0.462. The Morgan fingerprint density at radius 3 is 2.72 bits per heavy atom. The van der Waals surface area contributed by atoms with Gasteiger partial charge in [-0.05, 0) is 44.5 Å². The first-order chi connectivity index (χ1) is 8.42. The highest BCUT2D eigenvalue weighted by Gasteiger charge is 2.36. The molecule has 0 bridgehead atoms. The lowest BCUT2D eigenvalue weighted by atomic mass is 9.89. The van der Waals surface area contributed by atoms with Crippen LogP contribution < -0.4 is 10.6 Å². The molecule has 2 rings (SSSR count). The average molecular weight is 287 g/mol. The molecule has 1 aliphatic heterocycles. The lowest BCUT2D eigenvalue weighted by molar-refractivity contribution is -0.123. The molecule has 1 aliphatic rings. The van der Waals surface area contributed by atoms with Gasteiger partial charge in [-0.2, -0.15) is 0 Å². The number of amides is 1. The van der Waals surface area contributed by atoms with Crippen molar-refractivity contribution in [2.45, 2.75) is 20.3 Å². The van der Waals surface area contributed by atoms with Crippen LogP contribution >= 0.6 is 23.2 Å². The molecule has 1 unspecified atom stereocenters. The molecule has 1 heterocycles. The van der Waals surface area contributed by atoms with E-state index in [1.54, 1.807) is 12.1 Å². The van der Waals surface area contributed by atoms with Gasteiger partial charge in [-0.25, -0.2) is 0 Å². The van der Waals surface area contributed by atoms with Crippen molar-refractivity contribution in [3.8, 4) is 0 Å². The van der Waals surface area contributed by atoms with E-state index in [2.05, 4.69) is 10.6 Å². The monoisotopic (exact) mass is 286 g/mol. The average Bonchev–Trinajstić information content (AvgIpc) is 2.74. The first-order valence-electron chi connectivity index (χ1n) is 5.90. The summed E-state index contributed by atoms with van der Waals surface area (Å²) in [6.45, 7) is 5.39. The van der Waals surface area contributed by atoms with Crippen molar-refractivity contribution in [3.63, 3.8) is 0 Å². The molecule has 98 valence electrons. The number of rotatable bonds is 2. The summed E-state index contributed by atoms with van der Waals surface area (Å²) >= 11 is 12.2. The lowest BCUT2D eigenvalue weighted by Gasteiger charge is -2.22. The Hall–Kier alpha value is -0.770. The Kier molecular flexibility index (Phi) is 3.85. The SMILES string of the molecule is Cc1cc(Cl)c(NC(=O)C2(C)CCNC2)cc1Cl. The van der Waals surface area contributed by atoms with Crippen molar-refractivity contribution >= 4 is 34.8 Å². The molecule has 2 N–H and O–H groups in total.